The molecule has 0 atom stereocenters. The summed E-state index contributed by atoms with van der Waals surface area (Å²) < 4.78 is 28.6. The molecule has 0 bridgehead atoms. The van der Waals surface area contributed by atoms with Gasteiger partial charge in [0.05, 0.1) is 5.56 Å². The minimum Gasteiger partial charge on any atom is -0.478 e. The highest BCUT2D eigenvalue weighted by molar-refractivity contribution is 5.80. The Morgan fingerprint density at radius 3 is 3.00 bits per heavy atom. The molecule has 0 aliphatic rings. The first kappa shape index (κ1) is 11.2. The van der Waals surface area contributed by atoms with Crippen LogP contribution in [0.15, 0.2) is 36.8 Å². The van der Waals surface area contributed by atoms with Gasteiger partial charge in [-0.05, 0) is 18.2 Å². The van der Waals surface area contributed by atoms with Gasteiger partial charge in [0.25, 0.3) is 5.92 Å². The first-order valence-electron chi connectivity index (χ1n) is 4.59. The van der Waals surface area contributed by atoms with E-state index in [0.29, 0.717) is 12.2 Å². The summed E-state index contributed by atoms with van der Waals surface area (Å²) >= 11 is 0. The molecule has 2 heterocycles. The molecule has 2 aromatic heterocycles. The lowest BCUT2D eigenvalue weighted by molar-refractivity contribution is -0.131. The van der Waals surface area contributed by atoms with Gasteiger partial charge in [0.1, 0.15) is 6.33 Å². The molecule has 1 N–H and O–H groups in total. The highest BCUT2D eigenvalue weighted by Crippen LogP contribution is 2.31. The second-order valence-electron chi connectivity index (χ2n) is 3.24. The largest absolute Gasteiger partial charge is 0.478 e. The van der Waals surface area contributed by atoms with Crippen LogP contribution in [0.5, 0.6) is 0 Å². The molecule has 2 rings (SSSR count). The van der Waals surface area contributed by atoms with Crippen LogP contribution >= 0.6 is 0 Å². The van der Waals surface area contributed by atoms with Crippen LogP contribution in [0, 0.1) is 0 Å². The number of aromatic nitrogens is 3. The summed E-state index contributed by atoms with van der Waals surface area (Å²) in [4.78, 5) is 13.9. The number of alkyl halides is 2. The average Bonchev–Trinajstić information content (AvgIpc) is 2.74. The van der Waals surface area contributed by atoms with Gasteiger partial charge in [-0.15, -0.1) is 0 Å². The Balaban J connectivity index is 2.51. The smallest absolute Gasteiger partial charge is 0.328 e. The normalized spacial score (nSPS) is 12.4. The quantitative estimate of drug-likeness (QED) is 0.823. The van der Waals surface area contributed by atoms with Crippen molar-refractivity contribution in [2.24, 2.45) is 0 Å². The number of hydrogen-bond acceptors (Lipinski definition) is 3. The topological polar surface area (TPSA) is 67.5 Å². The van der Waals surface area contributed by atoms with Crippen molar-refractivity contribution in [1.29, 1.82) is 0 Å². The first-order chi connectivity index (χ1) is 8.00. The van der Waals surface area contributed by atoms with E-state index in [-0.39, 0.29) is 5.65 Å². The number of carboxylic acids is 1. The van der Waals surface area contributed by atoms with Gasteiger partial charge >= 0.3 is 5.97 Å². The Morgan fingerprint density at radius 2 is 2.29 bits per heavy atom. The molecule has 0 saturated heterocycles. The van der Waals surface area contributed by atoms with Gasteiger partial charge in [-0.1, -0.05) is 0 Å². The summed E-state index contributed by atoms with van der Waals surface area (Å²) in [7, 11) is 0. The van der Waals surface area contributed by atoms with E-state index in [1.807, 2.05) is 0 Å². The molecular formula is C10H7F2N3O2. The van der Waals surface area contributed by atoms with Gasteiger partial charge in [0.15, 0.2) is 5.65 Å². The Labute approximate surface area is 94.0 Å². The molecule has 17 heavy (non-hydrogen) atoms. The zero-order chi connectivity index (χ0) is 12.5. The van der Waals surface area contributed by atoms with Crippen LogP contribution in [0.3, 0.4) is 0 Å². The molecule has 0 radical (unpaired) electrons. The van der Waals surface area contributed by atoms with Crippen molar-refractivity contribution in [3.05, 3.63) is 42.4 Å². The molecule has 88 valence electrons. The predicted octanol–water partition coefficient (Wildman–Crippen LogP) is 1.46. The molecule has 0 saturated carbocycles. The Kier molecular flexibility index (Phi) is 2.58. The molecule has 0 aliphatic carbocycles. The van der Waals surface area contributed by atoms with E-state index < -0.39 is 17.5 Å². The number of aliphatic carboxylic acids is 1. The third-order valence-electron chi connectivity index (χ3n) is 2.10. The van der Waals surface area contributed by atoms with Crippen LogP contribution in [-0.4, -0.2) is 25.7 Å². The lowest BCUT2D eigenvalue weighted by Crippen LogP contribution is -2.12. The van der Waals surface area contributed by atoms with Crippen molar-refractivity contribution < 1.29 is 18.7 Å². The number of hydrogen-bond donors (Lipinski definition) is 1. The van der Waals surface area contributed by atoms with E-state index in [0.717, 1.165) is 6.33 Å². The highest BCUT2D eigenvalue weighted by Gasteiger charge is 2.31. The van der Waals surface area contributed by atoms with E-state index >= 15 is 0 Å². The lowest BCUT2D eigenvalue weighted by atomic mass is 10.1. The third-order valence-corrected chi connectivity index (χ3v) is 2.10. The van der Waals surface area contributed by atoms with Crippen molar-refractivity contribution >= 4 is 11.6 Å². The SMILES string of the molecule is O=C(O)/C=C/C(F)(F)c1cccn2ncnc12. The van der Waals surface area contributed by atoms with Crippen LogP contribution in [0.2, 0.25) is 0 Å². The summed E-state index contributed by atoms with van der Waals surface area (Å²) in [5.41, 5.74) is -0.400. The number of halogens is 2. The van der Waals surface area contributed by atoms with E-state index in [4.69, 9.17) is 5.11 Å². The van der Waals surface area contributed by atoms with Crippen molar-refractivity contribution in [2.75, 3.05) is 0 Å². The number of nitrogens with zero attached hydrogens (tertiary/aromatic N) is 3. The van der Waals surface area contributed by atoms with Gasteiger partial charge in [-0.25, -0.2) is 14.3 Å². The molecular weight excluding hydrogens is 232 g/mol. The summed E-state index contributed by atoms with van der Waals surface area (Å²) in [5, 5.41) is 12.1. The fraction of sp³-hybridized carbons (Fsp3) is 0.100. The number of carboxylic acid groups (broad SMARTS) is 1. The van der Waals surface area contributed by atoms with E-state index in [2.05, 4.69) is 10.1 Å². The van der Waals surface area contributed by atoms with Crippen LogP contribution < -0.4 is 0 Å². The van der Waals surface area contributed by atoms with Crippen LogP contribution in [-0.2, 0) is 10.7 Å². The fourth-order valence-electron chi connectivity index (χ4n) is 1.37. The number of allylic oxidation sites excluding steroid dienone is 1. The van der Waals surface area contributed by atoms with Crippen LogP contribution in [0.4, 0.5) is 8.78 Å². The third kappa shape index (κ3) is 2.12. The van der Waals surface area contributed by atoms with Crippen molar-refractivity contribution in [2.45, 2.75) is 5.92 Å². The highest BCUT2D eigenvalue weighted by atomic mass is 19.3. The zero-order valence-corrected chi connectivity index (χ0v) is 8.42. The molecule has 0 aromatic carbocycles. The lowest BCUT2D eigenvalue weighted by Gasteiger charge is -2.11. The van der Waals surface area contributed by atoms with Gasteiger partial charge in [0, 0.05) is 12.3 Å². The number of pyridine rings is 1. The second kappa shape index (κ2) is 3.93. The van der Waals surface area contributed by atoms with E-state index in [9.17, 15) is 13.6 Å². The summed E-state index contributed by atoms with van der Waals surface area (Å²) in [5.74, 6) is -4.84. The molecule has 0 spiro atoms. The van der Waals surface area contributed by atoms with Gasteiger partial charge in [0.2, 0.25) is 0 Å². The second-order valence-corrected chi connectivity index (χ2v) is 3.24. The zero-order valence-electron chi connectivity index (χ0n) is 8.42. The maximum atomic E-state index is 13.7. The molecule has 5 nitrogen and oxygen atoms in total. The van der Waals surface area contributed by atoms with Gasteiger partial charge < -0.3 is 5.11 Å². The average molecular weight is 239 g/mol. The van der Waals surface area contributed by atoms with Crippen LogP contribution in [0.25, 0.3) is 5.65 Å². The van der Waals surface area contributed by atoms with Crippen molar-refractivity contribution in [3.8, 4) is 0 Å². The maximum Gasteiger partial charge on any atom is 0.328 e. The fourth-order valence-corrected chi connectivity index (χ4v) is 1.37. The van der Waals surface area contributed by atoms with E-state index in [1.54, 1.807) is 0 Å². The number of fused-ring (bicyclic) bond motifs is 1. The number of carbonyl (C=O) groups is 1. The molecule has 0 unspecified atom stereocenters. The Hall–Kier alpha value is -2.31. The number of rotatable bonds is 3. The molecule has 0 fully saturated rings. The minimum atomic E-state index is -3.41. The van der Waals surface area contributed by atoms with Crippen molar-refractivity contribution in [1.82, 2.24) is 14.6 Å². The first-order valence-corrected chi connectivity index (χ1v) is 4.59. The molecule has 2 aromatic rings. The van der Waals surface area contributed by atoms with Crippen LogP contribution in [0.1, 0.15) is 5.56 Å². The predicted molar refractivity (Wildman–Crippen MR) is 53.7 cm³/mol. The summed E-state index contributed by atoms with van der Waals surface area (Å²) in [6.45, 7) is 0. The molecule has 0 amide bonds. The van der Waals surface area contributed by atoms with E-state index in [1.165, 1.54) is 22.8 Å². The maximum absolute atomic E-state index is 13.7. The van der Waals surface area contributed by atoms with Gasteiger partial charge in [-0.3, -0.25) is 0 Å². The van der Waals surface area contributed by atoms with Crippen molar-refractivity contribution in [3.63, 3.8) is 0 Å². The minimum absolute atomic E-state index is 0.00691. The Morgan fingerprint density at radius 1 is 1.53 bits per heavy atom. The Bertz CT molecular complexity index is 592. The molecule has 7 heteroatoms. The summed E-state index contributed by atoms with van der Waals surface area (Å²) in [6.07, 6.45) is 3.35. The molecule has 0 aliphatic heterocycles. The summed E-state index contributed by atoms with van der Waals surface area (Å²) in [6, 6.07) is 2.57. The monoisotopic (exact) mass is 239 g/mol. The standard InChI is InChI=1S/C10H7F2N3O2/c11-10(12,4-3-8(16)17)7-2-1-5-15-9(7)13-6-14-15/h1-6H,(H,16,17)/b4-3+. The van der Waals surface area contributed by atoms with Gasteiger partial charge in [-0.2, -0.15) is 13.9 Å².